The van der Waals surface area contributed by atoms with E-state index < -0.39 is 10.2 Å². The third-order valence-electron chi connectivity index (χ3n) is 8.20. The van der Waals surface area contributed by atoms with Gasteiger partial charge in [0.15, 0.2) is 11.6 Å². The quantitative estimate of drug-likeness (QED) is 0.524. The molecule has 0 spiro atoms. The molecule has 0 unspecified atom stereocenters. The largest absolute Gasteiger partial charge is 0.363 e. The number of hydrogen-bond donors (Lipinski definition) is 0. The predicted molar refractivity (Wildman–Crippen MR) is 114 cm³/mol. The highest BCUT2D eigenvalue weighted by atomic mass is 79.9. The summed E-state index contributed by atoms with van der Waals surface area (Å²) in [5.41, 5.74) is 5.93. The SMILES string of the molecule is O=C1C2=C([C@@H]3C(=O)[C@H](C=C2)[C@@H]2O[C@H]3c3ccccc32)[C@@]2(Br)[C@@H]3O[C@@H](c4ccccc43)[C@@H]12. The Labute approximate surface area is 187 Å². The van der Waals surface area contributed by atoms with E-state index in [0.29, 0.717) is 5.57 Å². The number of benzene rings is 2. The average Bonchev–Trinajstić information content (AvgIpc) is 3.45. The maximum atomic E-state index is 13.9. The first kappa shape index (κ1) is 17.2. The maximum absolute atomic E-state index is 13.9. The Kier molecular flexibility index (Phi) is 2.97. The van der Waals surface area contributed by atoms with Crippen LogP contribution < -0.4 is 0 Å². The Hall–Kier alpha value is -2.34. The zero-order valence-corrected chi connectivity index (χ0v) is 17.9. The van der Waals surface area contributed by atoms with E-state index in [-0.39, 0.29) is 47.8 Å². The number of carbonyl (C=O) groups is 2. The number of Topliss-reactive ketones (excluding diaryl/α,β-unsaturated/α-hetero) is 2. The topological polar surface area (TPSA) is 52.6 Å². The van der Waals surface area contributed by atoms with E-state index in [1.807, 2.05) is 36.4 Å². The fourth-order valence-corrected chi connectivity index (χ4v) is 8.32. The summed E-state index contributed by atoms with van der Waals surface area (Å²) in [6.07, 6.45) is 2.61. The van der Waals surface area contributed by atoms with Crippen molar-refractivity contribution in [2.45, 2.75) is 28.7 Å². The van der Waals surface area contributed by atoms with Gasteiger partial charge in [-0.2, -0.15) is 0 Å². The lowest BCUT2D eigenvalue weighted by molar-refractivity contribution is -0.147. The van der Waals surface area contributed by atoms with E-state index in [4.69, 9.17) is 9.47 Å². The smallest absolute Gasteiger partial charge is 0.170 e. The van der Waals surface area contributed by atoms with Crippen molar-refractivity contribution in [1.29, 1.82) is 0 Å². The van der Waals surface area contributed by atoms with Gasteiger partial charge in [0, 0.05) is 5.57 Å². The Morgan fingerprint density at radius 1 is 0.806 bits per heavy atom. The second kappa shape index (κ2) is 5.34. The van der Waals surface area contributed by atoms with Crippen molar-refractivity contribution in [2.75, 3.05) is 0 Å². The molecule has 4 nitrogen and oxygen atoms in total. The van der Waals surface area contributed by atoms with Crippen LogP contribution in [0, 0.1) is 17.8 Å². The number of hydrogen-bond acceptors (Lipinski definition) is 4. The van der Waals surface area contributed by atoms with Crippen LogP contribution in [0.25, 0.3) is 0 Å². The van der Waals surface area contributed by atoms with Gasteiger partial charge in [0.1, 0.15) is 6.10 Å². The van der Waals surface area contributed by atoms with Crippen molar-refractivity contribution in [1.82, 2.24) is 0 Å². The first-order valence-electron chi connectivity index (χ1n) is 10.8. The maximum Gasteiger partial charge on any atom is 0.170 e. The molecule has 5 heteroatoms. The van der Waals surface area contributed by atoms with Gasteiger partial charge < -0.3 is 9.47 Å². The summed E-state index contributed by atoms with van der Waals surface area (Å²) >= 11 is 4.03. The van der Waals surface area contributed by atoms with Gasteiger partial charge in [0.2, 0.25) is 0 Å². The molecule has 2 aromatic rings. The summed E-state index contributed by atoms with van der Waals surface area (Å²) in [6.45, 7) is 0. The van der Waals surface area contributed by atoms with Crippen LogP contribution in [0.15, 0.2) is 71.8 Å². The fourth-order valence-electron chi connectivity index (χ4n) is 7.06. The van der Waals surface area contributed by atoms with Crippen LogP contribution in [0.3, 0.4) is 0 Å². The second-order valence-electron chi connectivity index (χ2n) is 9.37. The molecule has 6 aliphatic rings. The number of carbonyl (C=O) groups excluding carboxylic acids is 2. The van der Waals surface area contributed by atoms with Crippen LogP contribution in [0.4, 0.5) is 0 Å². The molecule has 31 heavy (non-hydrogen) atoms. The minimum atomic E-state index is -0.717. The minimum Gasteiger partial charge on any atom is -0.363 e. The van der Waals surface area contributed by atoms with Crippen molar-refractivity contribution in [3.63, 3.8) is 0 Å². The van der Waals surface area contributed by atoms with Crippen LogP contribution >= 0.6 is 15.9 Å². The van der Waals surface area contributed by atoms with Crippen molar-refractivity contribution >= 4 is 27.5 Å². The van der Waals surface area contributed by atoms with Gasteiger partial charge in [-0.15, -0.1) is 0 Å². The lowest BCUT2D eigenvalue weighted by Crippen LogP contribution is -2.44. The lowest BCUT2D eigenvalue weighted by Gasteiger charge is -2.40. The molecule has 8 atom stereocenters. The van der Waals surface area contributed by atoms with E-state index in [2.05, 4.69) is 40.2 Å². The number of allylic oxidation sites excluding steroid dienone is 2. The van der Waals surface area contributed by atoms with E-state index in [0.717, 1.165) is 27.8 Å². The molecule has 4 aliphatic heterocycles. The molecule has 0 radical (unpaired) electrons. The number of ether oxygens (including phenoxy) is 2. The fraction of sp³-hybridized carbons (Fsp3) is 0.308. The molecule has 0 saturated carbocycles. The Morgan fingerprint density at radius 3 is 2.19 bits per heavy atom. The van der Waals surface area contributed by atoms with Crippen LogP contribution in [0.5, 0.6) is 0 Å². The lowest BCUT2D eigenvalue weighted by atomic mass is 9.69. The standard InChI is InChI=1S/C26H17BrO4/c27-26-18-15(21(29)19(26)24-13-7-3-4-8-14(13)25(26)31-24)9-10-16-20(28)17(18)23-12-6-2-1-5-11(12)22(16)30-23/h1-10,16-17,19,22-25H/t16-,17+,19+,22+,23-,24-,25+,26-/m0/s1. The molecule has 2 aromatic carbocycles. The van der Waals surface area contributed by atoms with Crippen molar-refractivity contribution in [3.05, 3.63) is 94.1 Å². The molecule has 2 aliphatic carbocycles. The number of rotatable bonds is 0. The summed E-state index contributed by atoms with van der Waals surface area (Å²) in [5.74, 6) is -0.986. The highest BCUT2D eigenvalue weighted by Gasteiger charge is 2.72. The predicted octanol–water partition coefficient (Wildman–Crippen LogP) is 4.64. The molecule has 0 aromatic heterocycles. The minimum absolute atomic E-state index is 0.0784. The Morgan fingerprint density at radius 2 is 1.45 bits per heavy atom. The molecule has 6 bridgehead atoms. The first-order chi connectivity index (χ1) is 15.1. The summed E-state index contributed by atoms with van der Waals surface area (Å²) in [4.78, 5) is 27.6. The molecule has 0 amide bonds. The Bertz CT molecular complexity index is 1310. The number of fused-ring (bicyclic) bond motifs is 19. The van der Waals surface area contributed by atoms with E-state index in [1.165, 1.54) is 0 Å². The first-order valence-corrected chi connectivity index (χ1v) is 11.6. The zero-order chi connectivity index (χ0) is 20.6. The van der Waals surface area contributed by atoms with Gasteiger partial charge in [-0.3, -0.25) is 9.59 Å². The van der Waals surface area contributed by atoms with Crippen LogP contribution in [0.2, 0.25) is 0 Å². The van der Waals surface area contributed by atoms with E-state index >= 15 is 0 Å². The Balaban J connectivity index is 1.38. The number of ketones is 2. The molecular formula is C26H17BrO4. The summed E-state index contributed by atoms with van der Waals surface area (Å²) in [7, 11) is 0. The van der Waals surface area contributed by atoms with Gasteiger partial charge in [0.05, 0.1) is 40.4 Å². The third kappa shape index (κ3) is 1.73. The normalized spacial score (nSPS) is 42.4. The highest BCUT2D eigenvalue weighted by Crippen LogP contribution is 2.72. The van der Waals surface area contributed by atoms with Crippen molar-refractivity contribution < 1.29 is 19.1 Å². The van der Waals surface area contributed by atoms with Crippen LogP contribution in [-0.2, 0) is 19.1 Å². The molecule has 2 saturated heterocycles. The molecule has 0 N–H and O–H groups in total. The molecule has 152 valence electrons. The molecule has 2 fully saturated rings. The van der Waals surface area contributed by atoms with Crippen molar-refractivity contribution in [2.24, 2.45) is 17.8 Å². The monoisotopic (exact) mass is 472 g/mol. The van der Waals surface area contributed by atoms with Crippen molar-refractivity contribution in [3.8, 4) is 0 Å². The zero-order valence-electron chi connectivity index (χ0n) is 16.3. The molecule has 8 rings (SSSR count). The van der Waals surface area contributed by atoms with Gasteiger partial charge in [-0.25, -0.2) is 0 Å². The van der Waals surface area contributed by atoms with E-state index in [1.54, 1.807) is 0 Å². The second-order valence-corrected chi connectivity index (χ2v) is 10.7. The third-order valence-corrected chi connectivity index (χ3v) is 9.54. The van der Waals surface area contributed by atoms with Crippen LogP contribution in [-0.4, -0.2) is 15.9 Å². The van der Waals surface area contributed by atoms with Crippen LogP contribution in [0.1, 0.15) is 46.7 Å². The molecular weight excluding hydrogens is 456 g/mol. The van der Waals surface area contributed by atoms with Gasteiger partial charge in [-0.05, 0) is 27.8 Å². The molecule has 4 heterocycles. The highest BCUT2D eigenvalue weighted by molar-refractivity contribution is 9.10. The summed E-state index contributed by atoms with van der Waals surface area (Å²) in [6, 6.07) is 16.3. The van der Waals surface area contributed by atoms with Gasteiger partial charge >= 0.3 is 0 Å². The average molecular weight is 473 g/mol. The van der Waals surface area contributed by atoms with E-state index in [9.17, 15) is 9.59 Å². The number of alkyl halides is 1. The summed E-state index contributed by atoms with van der Waals surface area (Å²) in [5, 5.41) is 0. The van der Waals surface area contributed by atoms with Gasteiger partial charge in [-0.1, -0.05) is 76.6 Å². The number of halogens is 1. The summed E-state index contributed by atoms with van der Waals surface area (Å²) < 4.78 is 12.2. The van der Waals surface area contributed by atoms with Gasteiger partial charge in [0.25, 0.3) is 0 Å².